The van der Waals surface area contributed by atoms with Crippen LogP contribution in [0.5, 0.6) is 0 Å². The van der Waals surface area contributed by atoms with Crippen molar-refractivity contribution in [1.29, 1.82) is 0 Å². The van der Waals surface area contributed by atoms with Crippen LogP contribution in [0.2, 0.25) is 0 Å². The van der Waals surface area contributed by atoms with Crippen molar-refractivity contribution < 1.29 is 4.79 Å². The molecule has 0 aliphatic carbocycles. The van der Waals surface area contributed by atoms with Crippen LogP contribution in [0.3, 0.4) is 0 Å². The van der Waals surface area contributed by atoms with Gasteiger partial charge in [-0.3, -0.25) is 9.78 Å². The monoisotopic (exact) mass is 122 g/mol. The van der Waals surface area contributed by atoms with Gasteiger partial charge in [-0.05, 0) is 0 Å². The van der Waals surface area contributed by atoms with E-state index in [4.69, 9.17) is 5.73 Å². The number of hydrogen-bond acceptors (Lipinski definition) is 3. The van der Waals surface area contributed by atoms with Crippen LogP contribution in [0.25, 0.3) is 0 Å². The Morgan fingerprint density at radius 3 is 2.89 bits per heavy atom. The topological polar surface area (TPSA) is 68.9 Å². The number of amides is 1. The zero-order valence-corrected chi connectivity index (χ0v) is 4.53. The van der Waals surface area contributed by atoms with Crippen molar-refractivity contribution in [2.75, 3.05) is 0 Å². The molecule has 0 fully saturated rings. The number of nitrogens with zero attached hydrogens (tertiary/aromatic N) is 2. The molecule has 0 aromatic carbocycles. The molecule has 0 spiro atoms. The lowest BCUT2D eigenvalue weighted by Crippen LogP contribution is -2.12. The minimum atomic E-state index is -0.573. The van der Waals surface area contributed by atoms with Crippen molar-refractivity contribution in [3.8, 4) is 0 Å². The van der Waals surface area contributed by atoms with Crippen molar-refractivity contribution in [3.05, 3.63) is 24.3 Å². The normalized spacial score (nSPS) is 8.89. The second kappa shape index (κ2) is 2.21. The fraction of sp³-hybridized carbons (Fsp3) is 0. The van der Waals surface area contributed by atoms with E-state index >= 15 is 0 Å². The van der Waals surface area contributed by atoms with Crippen LogP contribution in [-0.2, 0) is 0 Å². The maximum Gasteiger partial charge on any atom is 0.268 e. The lowest BCUT2D eigenvalue weighted by Gasteiger charge is -1.87. The van der Waals surface area contributed by atoms with Gasteiger partial charge in [-0.2, -0.15) is 0 Å². The van der Waals surface area contributed by atoms with Gasteiger partial charge in [0.15, 0.2) is 0 Å². The van der Waals surface area contributed by atoms with Gasteiger partial charge in [0.2, 0.25) is 0 Å². The third-order valence-corrected chi connectivity index (χ3v) is 0.775. The number of hydrogen-bond donors (Lipinski definition) is 1. The lowest BCUT2D eigenvalue weighted by atomic mass is 10.4. The summed E-state index contributed by atoms with van der Waals surface area (Å²) >= 11 is 0. The molecular weight excluding hydrogens is 118 g/mol. The number of carbonyl (C=O) groups excluding carboxylic acids is 1. The number of primary amides is 1. The third-order valence-electron chi connectivity index (χ3n) is 0.775. The highest BCUT2D eigenvalue weighted by Crippen LogP contribution is 1.84. The first-order valence-corrected chi connectivity index (χ1v) is 2.28. The molecule has 1 aromatic heterocycles. The lowest BCUT2D eigenvalue weighted by molar-refractivity contribution is 0.0995. The van der Waals surface area contributed by atoms with E-state index in [1.165, 1.54) is 12.4 Å². The maximum atomic E-state index is 10.3. The van der Waals surface area contributed by atoms with Crippen LogP contribution >= 0.6 is 0 Å². The van der Waals surface area contributed by atoms with E-state index in [1.54, 1.807) is 0 Å². The van der Waals surface area contributed by atoms with E-state index in [1.807, 2.05) is 0 Å². The van der Waals surface area contributed by atoms with Crippen molar-refractivity contribution in [2.24, 2.45) is 5.73 Å². The van der Waals surface area contributed by atoms with Gasteiger partial charge < -0.3 is 5.73 Å². The fourth-order valence-corrected chi connectivity index (χ4v) is 0.391. The summed E-state index contributed by atoms with van der Waals surface area (Å²) in [6.07, 6.45) is 4.98. The van der Waals surface area contributed by atoms with Gasteiger partial charge in [0.05, 0.1) is 12.4 Å². The zero-order valence-electron chi connectivity index (χ0n) is 4.53. The summed E-state index contributed by atoms with van der Waals surface area (Å²) in [6.45, 7) is 0. The van der Waals surface area contributed by atoms with Crippen LogP contribution < -0.4 is 5.73 Å². The zero-order chi connectivity index (χ0) is 6.69. The molecule has 0 aliphatic rings. The number of rotatable bonds is 1. The smallest absolute Gasteiger partial charge is 0.268 e. The van der Waals surface area contributed by atoms with E-state index in [9.17, 15) is 4.79 Å². The molecule has 1 amide bonds. The second-order valence-corrected chi connectivity index (χ2v) is 1.39. The molecule has 0 saturated heterocycles. The minimum absolute atomic E-state index is 0.161. The Bertz CT molecular complexity index is 209. The van der Waals surface area contributed by atoms with Gasteiger partial charge in [-0.25, -0.2) is 4.98 Å². The maximum absolute atomic E-state index is 10.3. The highest BCUT2D eigenvalue weighted by atomic mass is 16.1. The first-order chi connectivity index (χ1) is 4.30. The summed E-state index contributed by atoms with van der Waals surface area (Å²) in [4.78, 5) is 17.4. The van der Waals surface area contributed by atoms with E-state index in [2.05, 4.69) is 16.2 Å². The average Bonchev–Trinajstić information content (AvgIpc) is 1.90. The van der Waals surface area contributed by atoms with Gasteiger partial charge >= 0.3 is 0 Å². The van der Waals surface area contributed by atoms with Crippen LogP contribution in [0.1, 0.15) is 10.5 Å². The number of carbonyl (C=O) groups is 1. The molecule has 1 aromatic rings. The molecule has 0 saturated carbocycles. The highest BCUT2D eigenvalue weighted by molar-refractivity contribution is 5.90. The van der Waals surface area contributed by atoms with Crippen LogP contribution in [0, 0.1) is 6.20 Å². The van der Waals surface area contributed by atoms with Crippen molar-refractivity contribution in [3.63, 3.8) is 0 Å². The van der Waals surface area contributed by atoms with Crippen LogP contribution in [0.4, 0.5) is 0 Å². The molecule has 45 valence electrons. The third kappa shape index (κ3) is 1.22. The van der Waals surface area contributed by atoms with Gasteiger partial charge in [0.25, 0.3) is 5.91 Å². The largest absolute Gasteiger partial charge is 0.364 e. The van der Waals surface area contributed by atoms with E-state index < -0.39 is 5.91 Å². The molecule has 0 unspecified atom stereocenters. The summed E-state index contributed by atoms with van der Waals surface area (Å²) in [5.74, 6) is -0.573. The predicted octanol–water partition coefficient (Wildman–Crippen LogP) is -0.624. The van der Waals surface area contributed by atoms with Crippen LogP contribution in [0.15, 0.2) is 12.4 Å². The molecule has 0 aliphatic heterocycles. The fourth-order valence-electron chi connectivity index (χ4n) is 0.391. The molecule has 0 bridgehead atoms. The first kappa shape index (κ1) is 5.68. The standard InChI is InChI=1S/C5H4N3O/c6-5(9)4-3-7-1-2-8-4/h2-3H,(H2,6,9). The molecule has 4 heteroatoms. The Hall–Kier alpha value is -1.45. The minimum Gasteiger partial charge on any atom is -0.364 e. The summed E-state index contributed by atoms with van der Waals surface area (Å²) < 4.78 is 0. The summed E-state index contributed by atoms with van der Waals surface area (Å²) in [7, 11) is 0. The Labute approximate surface area is 51.7 Å². The molecule has 1 rings (SSSR count). The Morgan fingerprint density at radius 1 is 1.78 bits per heavy atom. The van der Waals surface area contributed by atoms with Gasteiger partial charge in [0.1, 0.15) is 11.9 Å². The molecular formula is C5H4N3O. The van der Waals surface area contributed by atoms with Gasteiger partial charge in [-0.1, -0.05) is 0 Å². The van der Waals surface area contributed by atoms with Crippen molar-refractivity contribution >= 4 is 5.91 Å². The predicted molar refractivity (Wildman–Crippen MR) is 29.4 cm³/mol. The summed E-state index contributed by atoms with van der Waals surface area (Å²) in [5.41, 5.74) is 5.02. The first-order valence-electron chi connectivity index (χ1n) is 2.28. The van der Waals surface area contributed by atoms with Crippen molar-refractivity contribution in [2.45, 2.75) is 0 Å². The SMILES string of the molecule is NC(=O)c1cn[c]cn1. The molecule has 2 N–H and O–H groups in total. The summed E-state index contributed by atoms with van der Waals surface area (Å²) in [5, 5.41) is 0. The van der Waals surface area contributed by atoms with E-state index in [-0.39, 0.29) is 5.69 Å². The van der Waals surface area contributed by atoms with Crippen molar-refractivity contribution in [1.82, 2.24) is 9.97 Å². The molecule has 1 heterocycles. The molecule has 9 heavy (non-hydrogen) atoms. The molecule has 0 atom stereocenters. The molecule has 1 radical (unpaired) electrons. The van der Waals surface area contributed by atoms with Gasteiger partial charge in [-0.15, -0.1) is 0 Å². The Morgan fingerprint density at radius 2 is 2.56 bits per heavy atom. The average molecular weight is 122 g/mol. The van der Waals surface area contributed by atoms with Crippen LogP contribution in [-0.4, -0.2) is 15.9 Å². The quantitative estimate of drug-likeness (QED) is 0.539. The second-order valence-electron chi connectivity index (χ2n) is 1.39. The Balaban J connectivity index is 2.98. The molecule has 4 nitrogen and oxygen atoms in total. The number of nitrogens with two attached hydrogens (primary N) is 1. The summed E-state index contributed by atoms with van der Waals surface area (Å²) in [6, 6.07) is 0. The Kier molecular flexibility index (Phi) is 1.40. The van der Waals surface area contributed by atoms with E-state index in [0.717, 1.165) is 0 Å². The highest BCUT2D eigenvalue weighted by Gasteiger charge is 1.97. The number of aromatic nitrogens is 2. The van der Waals surface area contributed by atoms with E-state index in [0.29, 0.717) is 0 Å². The van der Waals surface area contributed by atoms with Gasteiger partial charge in [0, 0.05) is 0 Å².